The van der Waals surface area contributed by atoms with Gasteiger partial charge in [0.1, 0.15) is 0 Å². The summed E-state index contributed by atoms with van der Waals surface area (Å²) in [6, 6.07) is 16.0. The van der Waals surface area contributed by atoms with Crippen molar-refractivity contribution in [3.63, 3.8) is 0 Å². The minimum atomic E-state index is 0.190. The number of nitrogens with zero attached hydrogens (tertiary/aromatic N) is 1. The van der Waals surface area contributed by atoms with Crippen LogP contribution < -0.4 is 10.6 Å². The van der Waals surface area contributed by atoms with Crippen molar-refractivity contribution in [3.8, 4) is 0 Å². The molecular formula is C18H20N2OS. The molecule has 0 aromatic heterocycles. The van der Waals surface area contributed by atoms with E-state index in [2.05, 4.69) is 12.1 Å². The van der Waals surface area contributed by atoms with Gasteiger partial charge in [-0.1, -0.05) is 24.3 Å². The first-order chi connectivity index (χ1) is 10.8. The van der Waals surface area contributed by atoms with Gasteiger partial charge in [0.25, 0.3) is 0 Å². The predicted molar refractivity (Wildman–Crippen MR) is 93.3 cm³/mol. The fraction of sp³-hybridized carbons (Fsp3) is 0.278. The van der Waals surface area contributed by atoms with Crippen molar-refractivity contribution in [2.24, 2.45) is 0 Å². The Morgan fingerprint density at radius 1 is 1.14 bits per heavy atom. The van der Waals surface area contributed by atoms with Crippen molar-refractivity contribution in [3.05, 3.63) is 54.1 Å². The third-order valence-electron chi connectivity index (χ3n) is 3.92. The first-order valence-corrected chi connectivity index (χ1v) is 8.60. The second kappa shape index (κ2) is 6.88. The SMILES string of the molecule is Nc1cccc2c1CCCN2C(=O)CCSc1ccccc1. The van der Waals surface area contributed by atoms with Crippen molar-refractivity contribution >= 4 is 29.0 Å². The van der Waals surface area contributed by atoms with E-state index in [0.29, 0.717) is 6.42 Å². The molecule has 2 N–H and O–H groups in total. The van der Waals surface area contributed by atoms with E-state index in [4.69, 9.17) is 5.73 Å². The van der Waals surface area contributed by atoms with Crippen LogP contribution in [0.25, 0.3) is 0 Å². The highest BCUT2D eigenvalue weighted by molar-refractivity contribution is 7.99. The summed E-state index contributed by atoms with van der Waals surface area (Å²) in [5.74, 6) is 0.992. The maximum Gasteiger partial charge on any atom is 0.227 e. The van der Waals surface area contributed by atoms with E-state index in [1.807, 2.05) is 41.3 Å². The fourth-order valence-electron chi connectivity index (χ4n) is 2.82. The first-order valence-electron chi connectivity index (χ1n) is 7.61. The zero-order valence-electron chi connectivity index (χ0n) is 12.5. The molecule has 22 heavy (non-hydrogen) atoms. The van der Waals surface area contributed by atoms with Crippen molar-refractivity contribution in [1.29, 1.82) is 0 Å². The van der Waals surface area contributed by atoms with Crippen LogP contribution >= 0.6 is 11.8 Å². The molecule has 1 heterocycles. The first kappa shape index (κ1) is 15.0. The number of benzene rings is 2. The summed E-state index contributed by atoms with van der Waals surface area (Å²) in [7, 11) is 0. The number of rotatable bonds is 4. The van der Waals surface area contributed by atoms with Gasteiger partial charge >= 0.3 is 0 Å². The molecule has 0 fully saturated rings. The van der Waals surface area contributed by atoms with E-state index in [1.54, 1.807) is 11.8 Å². The summed E-state index contributed by atoms with van der Waals surface area (Å²) in [5, 5.41) is 0. The lowest BCUT2D eigenvalue weighted by Crippen LogP contribution is -2.35. The van der Waals surface area contributed by atoms with Gasteiger partial charge in [-0.05, 0) is 42.7 Å². The number of fused-ring (bicyclic) bond motifs is 1. The molecule has 4 heteroatoms. The lowest BCUT2D eigenvalue weighted by Gasteiger charge is -2.30. The van der Waals surface area contributed by atoms with Gasteiger partial charge in [0.05, 0.1) is 0 Å². The molecular weight excluding hydrogens is 292 g/mol. The highest BCUT2D eigenvalue weighted by atomic mass is 32.2. The van der Waals surface area contributed by atoms with Crippen LogP contribution in [0.2, 0.25) is 0 Å². The molecule has 114 valence electrons. The Bertz CT molecular complexity index is 657. The van der Waals surface area contributed by atoms with Gasteiger partial charge < -0.3 is 10.6 Å². The molecule has 1 aliphatic heterocycles. The average Bonchev–Trinajstić information content (AvgIpc) is 2.56. The zero-order valence-corrected chi connectivity index (χ0v) is 13.3. The normalized spacial score (nSPS) is 13.7. The van der Waals surface area contributed by atoms with Crippen LogP contribution in [-0.4, -0.2) is 18.2 Å². The Morgan fingerprint density at radius 2 is 1.95 bits per heavy atom. The van der Waals surface area contributed by atoms with Gasteiger partial charge in [-0.3, -0.25) is 4.79 Å². The molecule has 0 aliphatic carbocycles. The Hall–Kier alpha value is -1.94. The van der Waals surface area contributed by atoms with E-state index in [9.17, 15) is 4.79 Å². The summed E-state index contributed by atoms with van der Waals surface area (Å²) in [4.78, 5) is 15.6. The number of nitrogen functional groups attached to an aromatic ring is 1. The van der Waals surface area contributed by atoms with E-state index in [-0.39, 0.29) is 5.91 Å². The monoisotopic (exact) mass is 312 g/mol. The van der Waals surface area contributed by atoms with Gasteiger partial charge in [0.2, 0.25) is 5.91 Å². The quantitative estimate of drug-likeness (QED) is 0.691. The maximum atomic E-state index is 12.5. The largest absolute Gasteiger partial charge is 0.398 e. The van der Waals surface area contributed by atoms with Crippen molar-refractivity contribution < 1.29 is 4.79 Å². The molecule has 3 rings (SSSR count). The molecule has 1 aliphatic rings. The van der Waals surface area contributed by atoms with Crippen molar-refractivity contribution in [1.82, 2.24) is 0 Å². The minimum absolute atomic E-state index is 0.190. The fourth-order valence-corrected chi connectivity index (χ4v) is 3.68. The Balaban J connectivity index is 1.63. The van der Waals surface area contributed by atoms with Gasteiger partial charge in [-0.15, -0.1) is 11.8 Å². The number of carbonyl (C=O) groups excluding carboxylic acids is 1. The lowest BCUT2D eigenvalue weighted by atomic mass is 9.99. The number of amides is 1. The molecule has 0 radical (unpaired) electrons. The van der Waals surface area contributed by atoms with Gasteiger partial charge in [0, 0.05) is 35.0 Å². The molecule has 3 nitrogen and oxygen atoms in total. The smallest absolute Gasteiger partial charge is 0.227 e. The van der Waals surface area contributed by atoms with Crippen LogP contribution in [-0.2, 0) is 11.2 Å². The number of nitrogens with two attached hydrogens (primary N) is 1. The van der Waals surface area contributed by atoms with Crippen LogP contribution in [0, 0.1) is 0 Å². The molecule has 0 unspecified atom stereocenters. The summed E-state index contributed by atoms with van der Waals surface area (Å²) >= 11 is 1.73. The van der Waals surface area contributed by atoms with E-state index < -0.39 is 0 Å². The average molecular weight is 312 g/mol. The third-order valence-corrected chi connectivity index (χ3v) is 4.93. The van der Waals surface area contributed by atoms with Gasteiger partial charge in [-0.2, -0.15) is 0 Å². The van der Waals surface area contributed by atoms with Crippen LogP contribution in [0.15, 0.2) is 53.4 Å². The summed E-state index contributed by atoms with van der Waals surface area (Å²) in [5.41, 5.74) is 8.96. The second-order valence-corrected chi connectivity index (χ2v) is 6.57. The Morgan fingerprint density at radius 3 is 2.77 bits per heavy atom. The topological polar surface area (TPSA) is 46.3 Å². The van der Waals surface area contributed by atoms with Crippen molar-refractivity contribution in [2.45, 2.75) is 24.2 Å². The molecule has 0 atom stereocenters. The highest BCUT2D eigenvalue weighted by Gasteiger charge is 2.23. The van der Waals surface area contributed by atoms with Crippen molar-refractivity contribution in [2.75, 3.05) is 22.9 Å². The van der Waals surface area contributed by atoms with E-state index in [0.717, 1.165) is 42.1 Å². The lowest BCUT2D eigenvalue weighted by molar-refractivity contribution is -0.118. The molecule has 0 spiro atoms. The third kappa shape index (κ3) is 3.28. The molecule has 0 bridgehead atoms. The molecule has 0 saturated carbocycles. The number of thioether (sulfide) groups is 1. The van der Waals surface area contributed by atoms with Crippen LogP contribution in [0.4, 0.5) is 11.4 Å². The number of anilines is 2. The molecule has 2 aromatic carbocycles. The number of hydrogen-bond donors (Lipinski definition) is 1. The molecule has 2 aromatic rings. The molecule has 1 amide bonds. The summed E-state index contributed by atoms with van der Waals surface area (Å²) in [6.07, 6.45) is 2.50. The maximum absolute atomic E-state index is 12.5. The van der Waals surface area contributed by atoms with Crippen LogP contribution in [0.3, 0.4) is 0 Å². The summed E-state index contributed by atoms with van der Waals surface area (Å²) < 4.78 is 0. The predicted octanol–water partition coefficient (Wildman–Crippen LogP) is 3.73. The molecule has 0 saturated heterocycles. The zero-order chi connectivity index (χ0) is 15.4. The van der Waals surface area contributed by atoms with Gasteiger partial charge in [0.15, 0.2) is 0 Å². The summed E-state index contributed by atoms with van der Waals surface area (Å²) in [6.45, 7) is 0.797. The van der Waals surface area contributed by atoms with Gasteiger partial charge in [-0.25, -0.2) is 0 Å². The highest BCUT2D eigenvalue weighted by Crippen LogP contribution is 2.32. The minimum Gasteiger partial charge on any atom is -0.398 e. The Kier molecular flexibility index (Phi) is 4.68. The number of hydrogen-bond acceptors (Lipinski definition) is 3. The van der Waals surface area contributed by atoms with E-state index >= 15 is 0 Å². The van der Waals surface area contributed by atoms with Crippen LogP contribution in [0.5, 0.6) is 0 Å². The van der Waals surface area contributed by atoms with E-state index in [1.165, 1.54) is 4.90 Å². The number of carbonyl (C=O) groups is 1. The second-order valence-electron chi connectivity index (χ2n) is 5.41. The Labute approximate surface area is 135 Å². The van der Waals surface area contributed by atoms with Crippen LogP contribution in [0.1, 0.15) is 18.4 Å². The standard InChI is InChI=1S/C18H20N2OS/c19-16-9-4-10-17-15(16)8-5-12-20(17)18(21)11-13-22-14-6-2-1-3-7-14/h1-4,6-7,9-10H,5,8,11-13,19H2.